The SMILES string of the molecule is CCOC(=O)C(C)(C(=O)OCC)[C@@H]1CCC(=O)[C@H]1[C@H](O)CCc1ccccc1. The van der Waals surface area contributed by atoms with Crippen molar-refractivity contribution in [1.82, 2.24) is 0 Å². The zero-order chi connectivity index (χ0) is 20.7. The molecule has 1 saturated carbocycles. The first kappa shape index (κ1) is 22.1. The first-order chi connectivity index (χ1) is 13.4. The van der Waals surface area contributed by atoms with Crippen molar-refractivity contribution in [2.24, 2.45) is 17.3 Å². The van der Waals surface area contributed by atoms with E-state index in [0.717, 1.165) is 5.56 Å². The van der Waals surface area contributed by atoms with Gasteiger partial charge >= 0.3 is 11.9 Å². The highest BCUT2D eigenvalue weighted by molar-refractivity contribution is 6.01. The van der Waals surface area contributed by atoms with Crippen molar-refractivity contribution in [1.29, 1.82) is 0 Å². The Bertz CT molecular complexity index is 666. The van der Waals surface area contributed by atoms with Crippen LogP contribution in [-0.4, -0.2) is 42.1 Å². The summed E-state index contributed by atoms with van der Waals surface area (Å²) in [5.41, 5.74) is -0.557. The van der Waals surface area contributed by atoms with Gasteiger partial charge in [-0.15, -0.1) is 0 Å². The number of carbonyl (C=O) groups is 3. The van der Waals surface area contributed by atoms with Crippen LogP contribution in [0.1, 0.15) is 45.6 Å². The molecule has 0 unspecified atom stereocenters. The molecule has 1 aromatic carbocycles. The van der Waals surface area contributed by atoms with E-state index in [-0.39, 0.29) is 25.4 Å². The maximum atomic E-state index is 12.7. The van der Waals surface area contributed by atoms with Gasteiger partial charge in [-0.1, -0.05) is 30.3 Å². The standard InChI is InChI=1S/C22H30O6/c1-4-27-20(25)22(3,21(26)28-5-2)16-12-14-18(24)19(16)17(23)13-11-15-9-7-6-8-10-15/h6-10,16-17,19,23H,4-5,11-14H2,1-3H3/t16-,17-,19-/m1/s1. The van der Waals surface area contributed by atoms with Gasteiger partial charge in [0.1, 0.15) is 5.78 Å². The number of ketones is 1. The highest BCUT2D eigenvalue weighted by Crippen LogP contribution is 2.46. The van der Waals surface area contributed by atoms with E-state index >= 15 is 0 Å². The molecule has 1 aliphatic rings. The van der Waals surface area contributed by atoms with Crippen molar-refractivity contribution in [2.45, 2.75) is 52.6 Å². The number of benzene rings is 1. The summed E-state index contributed by atoms with van der Waals surface area (Å²) in [5.74, 6) is -2.96. The van der Waals surface area contributed by atoms with Crippen LogP contribution in [0.5, 0.6) is 0 Å². The van der Waals surface area contributed by atoms with Gasteiger partial charge in [-0.05, 0) is 51.5 Å². The monoisotopic (exact) mass is 390 g/mol. The molecule has 0 amide bonds. The summed E-state index contributed by atoms with van der Waals surface area (Å²) >= 11 is 0. The van der Waals surface area contributed by atoms with E-state index in [2.05, 4.69) is 0 Å². The molecule has 1 fully saturated rings. The van der Waals surface area contributed by atoms with E-state index < -0.39 is 35.3 Å². The molecule has 3 atom stereocenters. The molecule has 6 nitrogen and oxygen atoms in total. The zero-order valence-corrected chi connectivity index (χ0v) is 16.8. The normalized spacial score (nSPS) is 20.6. The maximum absolute atomic E-state index is 12.7. The van der Waals surface area contributed by atoms with Crippen molar-refractivity contribution in [3.63, 3.8) is 0 Å². The first-order valence-electron chi connectivity index (χ1n) is 9.95. The third-order valence-corrected chi connectivity index (χ3v) is 5.63. The minimum Gasteiger partial charge on any atom is -0.465 e. The molecule has 0 aliphatic heterocycles. The number of aryl methyl sites for hydroxylation is 1. The van der Waals surface area contributed by atoms with Crippen molar-refractivity contribution in [2.75, 3.05) is 13.2 Å². The van der Waals surface area contributed by atoms with Gasteiger partial charge in [-0.3, -0.25) is 14.4 Å². The summed E-state index contributed by atoms with van der Waals surface area (Å²) < 4.78 is 10.3. The molecule has 0 bridgehead atoms. The summed E-state index contributed by atoms with van der Waals surface area (Å²) in [5, 5.41) is 10.8. The topological polar surface area (TPSA) is 89.9 Å². The summed E-state index contributed by atoms with van der Waals surface area (Å²) in [6.45, 7) is 5.04. The van der Waals surface area contributed by atoms with E-state index in [9.17, 15) is 19.5 Å². The molecule has 0 aromatic heterocycles. The number of aliphatic hydroxyl groups is 1. The van der Waals surface area contributed by atoms with Crippen LogP contribution in [0.4, 0.5) is 0 Å². The Morgan fingerprint density at radius 2 is 1.71 bits per heavy atom. The van der Waals surface area contributed by atoms with Crippen molar-refractivity contribution < 1.29 is 29.0 Å². The van der Waals surface area contributed by atoms with Gasteiger partial charge in [0.05, 0.1) is 19.3 Å². The lowest BCUT2D eigenvalue weighted by Crippen LogP contribution is -2.49. The number of Topliss-reactive ketones (excluding diaryl/α,β-unsaturated/α-hetero) is 1. The molecule has 1 aromatic rings. The second kappa shape index (κ2) is 9.82. The lowest BCUT2D eigenvalue weighted by atomic mass is 9.69. The molecular formula is C22H30O6. The Labute approximate surface area is 166 Å². The fraction of sp³-hybridized carbons (Fsp3) is 0.591. The average Bonchev–Trinajstić information content (AvgIpc) is 3.08. The van der Waals surface area contributed by atoms with E-state index in [1.54, 1.807) is 13.8 Å². The minimum atomic E-state index is -1.61. The fourth-order valence-corrected chi connectivity index (χ4v) is 4.09. The number of aliphatic hydroxyl groups excluding tert-OH is 1. The van der Waals surface area contributed by atoms with Crippen molar-refractivity contribution in [3.05, 3.63) is 35.9 Å². The number of carbonyl (C=O) groups excluding carboxylic acids is 3. The van der Waals surface area contributed by atoms with Crippen LogP contribution in [0, 0.1) is 17.3 Å². The zero-order valence-electron chi connectivity index (χ0n) is 16.8. The largest absolute Gasteiger partial charge is 0.465 e. The molecule has 154 valence electrons. The molecule has 28 heavy (non-hydrogen) atoms. The summed E-state index contributed by atoms with van der Waals surface area (Å²) in [7, 11) is 0. The van der Waals surface area contributed by atoms with Gasteiger partial charge in [-0.2, -0.15) is 0 Å². The molecule has 0 saturated heterocycles. The smallest absolute Gasteiger partial charge is 0.323 e. The number of rotatable bonds is 9. The first-order valence-corrected chi connectivity index (χ1v) is 9.95. The number of ether oxygens (including phenoxy) is 2. The van der Waals surface area contributed by atoms with Gasteiger partial charge in [0.25, 0.3) is 0 Å². The predicted molar refractivity (Wildman–Crippen MR) is 103 cm³/mol. The van der Waals surface area contributed by atoms with E-state index in [1.807, 2.05) is 30.3 Å². The van der Waals surface area contributed by atoms with Gasteiger partial charge in [-0.25, -0.2) is 0 Å². The maximum Gasteiger partial charge on any atom is 0.323 e. The van der Waals surface area contributed by atoms with Crippen LogP contribution < -0.4 is 0 Å². The summed E-state index contributed by atoms with van der Waals surface area (Å²) in [6.07, 6.45) is 0.613. The van der Waals surface area contributed by atoms with Gasteiger partial charge in [0, 0.05) is 12.3 Å². The minimum absolute atomic E-state index is 0.120. The highest BCUT2D eigenvalue weighted by Gasteiger charge is 2.58. The summed E-state index contributed by atoms with van der Waals surface area (Å²) in [4.78, 5) is 38.0. The number of hydrogen-bond acceptors (Lipinski definition) is 6. The molecule has 0 radical (unpaired) electrons. The molecule has 0 heterocycles. The lowest BCUT2D eigenvalue weighted by molar-refractivity contribution is -0.177. The second-order valence-electron chi connectivity index (χ2n) is 7.37. The van der Waals surface area contributed by atoms with Gasteiger partial charge in [0.15, 0.2) is 5.41 Å². The third kappa shape index (κ3) is 4.61. The van der Waals surface area contributed by atoms with Gasteiger partial charge < -0.3 is 14.6 Å². The molecule has 0 spiro atoms. The van der Waals surface area contributed by atoms with Crippen LogP contribution >= 0.6 is 0 Å². The Kier molecular flexibility index (Phi) is 7.75. The quantitative estimate of drug-likeness (QED) is 0.515. The van der Waals surface area contributed by atoms with Crippen LogP contribution in [0.15, 0.2) is 30.3 Å². The second-order valence-corrected chi connectivity index (χ2v) is 7.37. The molecular weight excluding hydrogens is 360 g/mol. The Morgan fingerprint density at radius 1 is 1.14 bits per heavy atom. The van der Waals surface area contributed by atoms with Crippen LogP contribution in [0.2, 0.25) is 0 Å². The lowest BCUT2D eigenvalue weighted by Gasteiger charge is -2.35. The summed E-state index contributed by atoms with van der Waals surface area (Å²) in [6, 6.07) is 9.68. The molecule has 1 N–H and O–H groups in total. The van der Waals surface area contributed by atoms with Crippen LogP contribution in [0.3, 0.4) is 0 Å². The number of hydrogen-bond donors (Lipinski definition) is 1. The Morgan fingerprint density at radius 3 is 2.25 bits per heavy atom. The van der Waals surface area contributed by atoms with E-state index in [4.69, 9.17) is 9.47 Å². The highest BCUT2D eigenvalue weighted by atomic mass is 16.6. The van der Waals surface area contributed by atoms with Crippen LogP contribution in [0.25, 0.3) is 0 Å². The van der Waals surface area contributed by atoms with Gasteiger partial charge in [0.2, 0.25) is 0 Å². The third-order valence-electron chi connectivity index (χ3n) is 5.63. The molecule has 1 aliphatic carbocycles. The van der Waals surface area contributed by atoms with E-state index in [0.29, 0.717) is 19.3 Å². The average molecular weight is 390 g/mol. The Hall–Kier alpha value is -2.21. The fourth-order valence-electron chi connectivity index (χ4n) is 4.09. The van der Waals surface area contributed by atoms with Crippen molar-refractivity contribution >= 4 is 17.7 Å². The molecule has 2 rings (SSSR count). The molecule has 6 heteroatoms. The predicted octanol–water partition coefficient (Wildman–Crippen LogP) is 2.71. The van der Waals surface area contributed by atoms with Crippen molar-refractivity contribution in [3.8, 4) is 0 Å². The number of esters is 2. The van der Waals surface area contributed by atoms with Crippen LogP contribution in [-0.2, 0) is 30.3 Å². The Balaban J connectivity index is 2.24. The van der Waals surface area contributed by atoms with E-state index in [1.165, 1.54) is 6.92 Å².